The Morgan fingerprint density at radius 1 is 1.44 bits per heavy atom. The zero-order valence-corrected chi connectivity index (χ0v) is 9.30. The number of rotatable bonds is 6. The van der Waals surface area contributed by atoms with Crippen LogP contribution in [0.2, 0.25) is 0 Å². The molecular weight excluding hydrogens is 206 g/mol. The number of carboxylic acid groups (broad SMARTS) is 1. The second-order valence-corrected chi connectivity index (χ2v) is 3.74. The summed E-state index contributed by atoms with van der Waals surface area (Å²) in [7, 11) is 0. The van der Waals surface area contributed by atoms with E-state index in [-0.39, 0.29) is 19.1 Å². The van der Waals surface area contributed by atoms with Gasteiger partial charge < -0.3 is 15.6 Å². The quantitative estimate of drug-likeness (QED) is 0.767. The first-order valence-corrected chi connectivity index (χ1v) is 5.23. The average molecular weight is 223 g/mol. The molecule has 88 valence electrons. The molecule has 1 aromatic carbocycles. The van der Waals surface area contributed by atoms with E-state index in [0.29, 0.717) is 0 Å². The Labute approximate surface area is 95.0 Å². The van der Waals surface area contributed by atoms with Crippen LogP contribution in [0.3, 0.4) is 0 Å². The van der Waals surface area contributed by atoms with Crippen LogP contribution in [0.15, 0.2) is 30.3 Å². The number of nitrogens with two attached hydrogens (primary N) is 1. The molecule has 0 spiro atoms. The van der Waals surface area contributed by atoms with Crippen molar-refractivity contribution in [1.29, 1.82) is 0 Å². The number of benzene rings is 1. The van der Waals surface area contributed by atoms with E-state index in [2.05, 4.69) is 0 Å². The smallest absolute Gasteiger partial charge is 0.305 e. The fourth-order valence-corrected chi connectivity index (χ4v) is 1.37. The monoisotopic (exact) mass is 223 g/mol. The molecule has 0 aromatic heterocycles. The van der Waals surface area contributed by atoms with Crippen molar-refractivity contribution in [3.63, 3.8) is 0 Å². The Morgan fingerprint density at radius 3 is 2.62 bits per heavy atom. The van der Waals surface area contributed by atoms with Gasteiger partial charge >= 0.3 is 5.97 Å². The summed E-state index contributed by atoms with van der Waals surface area (Å²) >= 11 is 0. The van der Waals surface area contributed by atoms with Crippen molar-refractivity contribution < 1.29 is 14.6 Å². The van der Waals surface area contributed by atoms with E-state index >= 15 is 0 Å². The molecule has 0 saturated carbocycles. The summed E-state index contributed by atoms with van der Waals surface area (Å²) in [5.74, 6) is -0.900. The predicted molar refractivity (Wildman–Crippen MR) is 61.0 cm³/mol. The molecule has 4 nitrogen and oxygen atoms in total. The summed E-state index contributed by atoms with van der Waals surface area (Å²) in [5.41, 5.74) is 6.66. The molecule has 0 heterocycles. The SMILES string of the molecule is CC(OCC(N)CC(=O)O)c1ccccc1. The van der Waals surface area contributed by atoms with E-state index in [1.54, 1.807) is 0 Å². The van der Waals surface area contributed by atoms with Crippen molar-refractivity contribution in [2.75, 3.05) is 6.61 Å². The van der Waals surface area contributed by atoms with Crippen LogP contribution in [0.25, 0.3) is 0 Å². The summed E-state index contributed by atoms with van der Waals surface area (Å²) in [6.45, 7) is 2.17. The summed E-state index contributed by atoms with van der Waals surface area (Å²) < 4.78 is 5.50. The lowest BCUT2D eigenvalue weighted by Gasteiger charge is -2.16. The molecule has 0 aliphatic carbocycles. The normalized spacial score (nSPS) is 14.4. The van der Waals surface area contributed by atoms with E-state index in [4.69, 9.17) is 15.6 Å². The van der Waals surface area contributed by atoms with Gasteiger partial charge in [0, 0.05) is 6.04 Å². The fraction of sp³-hybridized carbons (Fsp3) is 0.417. The van der Waals surface area contributed by atoms with E-state index in [0.717, 1.165) is 5.56 Å². The molecule has 0 fully saturated rings. The number of hydrogen-bond acceptors (Lipinski definition) is 3. The van der Waals surface area contributed by atoms with Crippen molar-refractivity contribution in [2.24, 2.45) is 5.73 Å². The Kier molecular flexibility index (Phi) is 4.95. The molecule has 0 aliphatic rings. The number of ether oxygens (including phenoxy) is 1. The number of carbonyl (C=O) groups is 1. The van der Waals surface area contributed by atoms with Crippen LogP contribution < -0.4 is 5.73 Å². The van der Waals surface area contributed by atoms with Gasteiger partial charge in [-0.15, -0.1) is 0 Å². The molecule has 16 heavy (non-hydrogen) atoms. The highest BCUT2D eigenvalue weighted by molar-refractivity contribution is 5.67. The third-order valence-electron chi connectivity index (χ3n) is 2.27. The summed E-state index contributed by atoms with van der Waals surface area (Å²) in [6.07, 6.45) is -0.136. The summed E-state index contributed by atoms with van der Waals surface area (Å²) in [5, 5.41) is 8.53. The van der Waals surface area contributed by atoms with Gasteiger partial charge in [0.25, 0.3) is 0 Å². The zero-order valence-electron chi connectivity index (χ0n) is 9.30. The Morgan fingerprint density at radius 2 is 2.06 bits per heavy atom. The maximum atomic E-state index is 10.4. The van der Waals surface area contributed by atoms with Crippen LogP contribution >= 0.6 is 0 Å². The van der Waals surface area contributed by atoms with Gasteiger partial charge in [-0.05, 0) is 12.5 Å². The van der Waals surface area contributed by atoms with Gasteiger partial charge in [-0.1, -0.05) is 30.3 Å². The Hall–Kier alpha value is -1.39. The first-order valence-electron chi connectivity index (χ1n) is 5.23. The standard InChI is InChI=1S/C12H17NO3/c1-9(10-5-3-2-4-6-10)16-8-11(13)7-12(14)15/h2-6,9,11H,7-8,13H2,1H3,(H,14,15). The highest BCUT2D eigenvalue weighted by atomic mass is 16.5. The first kappa shape index (κ1) is 12.7. The topological polar surface area (TPSA) is 72.5 Å². The van der Waals surface area contributed by atoms with Gasteiger partial charge in [0.1, 0.15) is 0 Å². The van der Waals surface area contributed by atoms with Gasteiger partial charge in [-0.25, -0.2) is 0 Å². The third-order valence-corrected chi connectivity index (χ3v) is 2.27. The Bertz CT molecular complexity index is 326. The summed E-state index contributed by atoms with van der Waals surface area (Å²) in [6, 6.07) is 9.29. The molecule has 2 unspecified atom stereocenters. The lowest BCUT2D eigenvalue weighted by atomic mass is 10.1. The molecule has 0 amide bonds. The molecule has 4 heteroatoms. The molecule has 0 saturated heterocycles. The number of hydrogen-bond donors (Lipinski definition) is 2. The summed E-state index contributed by atoms with van der Waals surface area (Å²) in [4.78, 5) is 10.4. The van der Waals surface area contributed by atoms with Gasteiger partial charge in [-0.3, -0.25) is 4.79 Å². The van der Waals surface area contributed by atoms with E-state index in [1.165, 1.54) is 0 Å². The Balaban J connectivity index is 2.35. The highest BCUT2D eigenvalue weighted by Gasteiger charge is 2.11. The van der Waals surface area contributed by atoms with Crippen molar-refractivity contribution >= 4 is 5.97 Å². The third kappa shape index (κ3) is 4.42. The second-order valence-electron chi connectivity index (χ2n) is 3.74. The van der Waals surface area contributed by atoms with Gasteiger partial charge in [-0.2, -0.15) is 0 Å². The van der Waals surface area contributed by atoms with Crippen LogP contribution in [0.5, 0.6) is 0 Å². The minimum atomic E-state index is -0.900. The van der Waals surface area contributed by atoms with Crippen molar-refractivity contribution in [1.82, 2.24) is 0 Å². The molecule has 3 N–H and O–H groups in total. The lowest BCUT2D eigenvalue weighted by molar-refractivity contribution is -0.137. The van der Waals surface area contributed by atoms with Crippen LogP contribution in [-0.4, -0.2) is 23.7 Å². The first-order chi connectivity index (χ1) is 7.59. The average Bonchev–Trinajstić information content (AvgIpc) is 2.26. The number of carboxylic acids is 1. The predicted octanol–water partition coefficient (Wildman–Crippen LogP) is 1.57. The maximum absolute atomic E-state index is 10.4. The molecule has 0 bridgehead atoms. The van der Waals surface area contributed by atoms with E-state index in [1.807, 2.05) is 37.3 Å². The van der Waals surface area contributed by atoms with Crippen molar-refractivity contribution in [3.05, 3.63) is 35.9 Å². The van der Waals surface area contributed by atoms with Crippen LogP contribution in [0, 0.1) is 0 Å². The number of aliphatic carboxylic acids is 1. The highest BCUT2D eigenvalue weighted by Crippen LogP contribution is 2.15. The van der Waals surface area contributed by atoms with Gasteiger partial charge in [0.05, 0.1) is 19.1 Å². The molecule has 0 aliphatic heterocycles. The fourth-order valence-electron chi connectivity index (χ4n) is 1.37. The van der Waals surface area contributed by atoms with Crippen LogP contribution in [-0.2, 0) is 9.53 Å². The second kappa shape index (κ2) is 6.25. The van der Waals surface area contributed by atoms with E-state index < -0.39 is 12.0 Å². The molecular formula is C12H17NO3. The maximum Gasteiger partial charge on any atom is 0.305 e. The van der Waals surface area contributed by atoms with Crippen LogP contribution in [0.4, 0.5) is 0 Å². The largest absolute Gasteiger partial charge is 0.481 e. The zero-order chi connectivity index (χ0) is 12.0. The molecule has 1 aromatic rings. The van der Waals surface area contributed by atoms with E-state index in [9.17, 15) is 4.79 Å². The van der Waals surface area contributed by atoms with Gasteiger partial charge in [0.15, 0.2) is 0 Å². The van der Waals surface area contributed by atoms with Gasteiger partial charge in [0.2, 0.25) is 0 Å². The van der Waals surface area contributed by atoms with Crippen molar-refractivity contribution in [2.45, 2.75) is 25.5 Å². The molecule has 2 atom stereocenters. The van der Waals surface area contributed by atoms with Crippen molar-refractivity contribution in [3.8, 4) is 0 Å². The molecule has 0 radical (unpaired) electrons. The molecule has 1 rings (SSSR count). The lowest BCUT2D eigenvalue weighted by Crippen LogP contribution is -2.29. The minimum Gasteiger partial charge on any atom is -0.481 e. The van der Waals surface area contributed by atoms with Crippen LogP contribution in [0.1, 0.15) is 25.0 Å². The minimum absolute atomic E-state index is 0.0679.